The van der Waals surface area contributed by atoms with Crippen molar-refractivity contribution in [1.29, 1.82) is 0 Å². The van der Waals surface area contributed by atoms with E-state index in [2.05, 4.69) is 0 Å². The molecule has 0 aromatic rings. The molecule has 1 radical (unpaired) electrons. The molecule has 0 atom stereocenters. The zero-order valence-corrected chi connectivity index (χ0v) is 6.93. The monoisotopic (exact) mass is 175 g/mol. The molecule has 0 spiro atoms. The molecule has 0 saturated heterocycles. The number of rotatable bonds is 1. The van der Waals surface area contributed by atoms with Crippen LogP contribution in [0, 0.1) is 0 Å². The number of carbonyl (C=O) groups excluding carboxylic acids is 1. The molecule has 0 aliphatic rings. The van der Waals surface area contributed by atoms with Crippen molar-refractivity contribution in [3.05, 3.63) is 11.8 Å². The number of hydrogen-bond donors (Lipinski definition) is 1. The van der Waals surface area contributed by atoms with Crippen LogP contribution in [-0.4, -0.2) is 11.4 Å². The summed E-state index contributed by atoms with van der Waals surface area (Å²) in [5, 5.41) is 7.94. The van der Waals surface area contributed by atoms with Gasteiger partial charge in [0.2, 0.25) is 0 Å². The van der Waals surface area contributed by atoms with E-state index >= 15 is 0 Å². The van der Waals surface area contributed by atoms with E-state index in [4.69, 9.17) is 5.11 Å². The summed E-state index contributed by atoms with van der Waals surface area (Å²) in [5.41, 5.74) is 0.343. The molecule has 0 saturated carbocycles. The number of aliphatic hydroxyl groups is 1. The molecule has 1 N–H and O–H groups in total. The fraction of sp³-hybridized carbons (Fsp3) is 0.250. The summed E-state index contributed by atoms with van der Waals surface area (Å²) in [6.45, 7) is 1.52. The molecule has 0 aliphatic heterocycles. The van der Waals surface area contributed by atoms with Gasteiger partial charge in [0.25, 0.3) is 0 Å². The second-order valence-electron chi connectivity index (χ2n) is 0.991. The van der Waals surface area contributed by atoms with E-state index in [1.807, 2.05) is 0 Å². The van der Waals surface area contributed by atoms with Crippen molar-refractivity contribution in [3.63, 3.8) is 0 Å². The first-order chi connectivity index (χ1) is 2.81. The van der Waals surface area contributed by atoms with Gasteiger partial charge in [-0.15, -0.1) is 0 Å². The Hall–Kier alpha value is 0.314. The van der Waals surface area contributed by atoms with Crippen molar-refractivity contribution in [2.75, 3.05) is 0 Å². The van der Waals surface area contributed by atoms with E-state index in [9.17, 15) is 4.79 Å². The number of allylic oxidation sites excluding steroid dienone is 1. The van der Waals surface area contributed by atoms with Crippen LogP contribution in [0.5, 0.6) is 0 Å². The standard InChI is InChI=1S/C4H6O2.Y/c1-4(2-5)3-6;/h2-3,5H,1H3;/b4-2+;. The Labute approximate surface area is 67.5 Å². The molecule has 0 bridgehead atoms. The fourth-order valence-electron chi connectivity index (χ4n) is 0.0304. The first-order valence-electron chi connectivity index (χ1n) is 1.57. The summed E-state index contributed by atoms with van der Waals surface area (Å²) < 4.78 is 0. The molecular weight excluding hydrogens is 169 g/mol. The second-order valence-corrected chi connectivity index (χ2v) is 0.991. The van der Waals surface area contributed by atoms with Crippen molar-refractivity contribution in [2.45, 2.75) is 6.92 Å². The molecule has 0 aromatic carbocycles. The smallest absolute Gasteiger partial charge is 0.148 e. The average Bonchev–Trinajstić information content (AvgIpc) is 1.65. The Bertz CT molecular complexity index is 77.8. The molecule has 0 heterocycles. The van der Waals surface area contributed by atoms with Crippen molar-refractivity contribution in [1.82, 2.24) is 0 Å². The van der Waals surface area contributed by atoms with E-state index in [-0.39, 0.29) is 32.7 Å². The van der Waals surface area contributed by atoms with Crippen LogP contribution in [0.3, 0.4) is 0 Å². The Balaban J connectivity index is 0. The zero-order valence-electron chi connectivity index (χ0n) is 4.09. The van der Waals surface area contributed by atoms with Crippen molar-refractivity contribution in [2.24, 2.45) is 0 Å². The van der Waals surface area contributed by atoms with Gasteiger partial charge in [-0.1, -0.05) is 0 Å². The molecule has 0 unspecified atom stereocenters. The van der Waals surface area contributed by atoms with E-state index < -0.39 is 0 Å². The molecule has 7 heavy (non-hydrogen) atoms. The van der Waals surface area contributed by atoms with Gasteiger partial charge in [-0.25, -0.2) is 0 Å². The molecule has 0 aliphatic carbocycles. The molecule has 0 aromatic heterocycles. The fourth-order valence-corrected chi connectivity index (χ4v) is 0.0304. The van der Waals surface area contributed by atoms with Gasteiger partial charge in [0.05, 0.1) is 6.26 Å². The molecule has 0 fully saturated rings. The van der Waals surface area contributed by atoms with Gasteiger partial charge in [-0.05, 0) is 6.92 Å². The minimum Gasteiger partial charge on any atom is -0.515 e. The normalized spacial score (nSPS) is 9.57. The average molecular weight is 175 g/mol. The molecule has 3 heteroatoms. The Morgan fingerprint density at radius 2 is 2.14 bits per heavy atom. The summed E-state index contributed by atoms with van der Waals surface area (Å²) >= 11 is 0. The topological polar surface area (TPSA) is 37.3 Å². The van der Waals surface area contributed by atoms with Crippen LogP contribution in [-0.2, 0) is 37.5 Å². The van der Waals surface area contributed by atoms with Gasteiger partial charge in [0.1, 0.15) is 6.29 Å². The quantitative estimate of drug-likeness (QED) is 0.360. The number of carbonyl (C=O) groups is 1. The van der Waals surface area contributed by atoms with Crippen molar-refractivity contribution < 1.29 is 42.6 Å². The third-order valence-corrected chi connectivity index (χ3v) is 0.390. The van der Waals surface area contributed by atoms with Crippen LogP contribution in [0.1, 0.15) is 6.92 Å². The van der Waals surface area contributed by atoms with Gasteiger partial charge in [-0.3, -0.25) is 4.79 Å². The number of hydrogen-bond acceptors (Lipinski definition) is 2. The Kier molecular flexibility index (Phi) is 9.31. The van der Waals surface area contributed by atoms with Crippen molar-refractivity contribution >= 4 is 6.29 Å². The molecule has 37 valence electrons. The van der Waals surface area contributed by atoms with E-state index in [1.54, 1.807) is 0 Å². The number of aliphatic hydroxyl groups excluding tert-OH is 1. The summed E-state index contributed by atoms with van der Waals surface area (Å²) in [5.74, 6) is 0. The SMILES string of the molecule is C/C(C=O)=C\O.[Y]. The Morgan fingerprint density at radius 3 is 2.14 bits per heavy atom. The second kappa shape index (κ2) is 6.31. The van der Waals surface area contributed by atoms with E-state index in [1.165, 1.54) is 6.92 Å². The predicted molar refractivity (Wildman–Crippen MR) is 22.4 cm³/mol. The molecule has 2 nitrogen and oxygen atoms in total. The number of aldehydes is 1. The summed E-state index contributed by atoms with van der Waals surface area (Å²) in [4.78, 5) is 9.51. The predicted octanol–water partition coefficient (Wildman–Crippen LogP) is 0.645. The third kappa shape index (κ3) is 6.31. The summed E-state index contributed by atoms with van der Waals surface area (Å²) in [6, 6.07) is 0. The zero-order chi connectivity index (χ0) is 4.99. The van der Waals surface area contributed by atoms with Gasteiger partial charge in [0, 0.05) is 38.3 Å². The summed E-state index contributed by atoms with van der Waals surface area (Å²) in [6.07, 6.45) is 1.35. The van der Waals surface area contributed by atoms with Crippen LogP contribution in [0.25, 0.3) is 0 Å². The van der Waals surface area contributed by atoms with Gasteiger partial charge < -0.3 is 5.11 Å². The van der Waals surface area contributed by atoms with Gasteiger partial charge in [-0.2, -0.15) is 0 Å². The van der Waals surface area contributed by atoms with Crippen LogP contribution < -0.4 is 0 Å². The van der Waals surface area contributed by atoms with Crippen LogP contribution in [0.2, 0.25) is 0 Å². The van der Waals surface area contributed by atoms with Crippen LogP contribution in [0.4, 0.5) is 0 Å². The third-order valence-electron chi connectivity index (χ3n) is 0.390. The maximum atomic E-state index is 9.51. The first kappa shape index (κ1) is 10.3. The maximum Gasteiger partial charge on any atom is 0.148 e. The minimum atomic E-state index is 0. The van der Waals surface area contributed by atoms with Crippen molar-refractivity contribution in [3.8, 4) is 0 Å². The molecular formula is C4H6O2Y. The van der Waals surface area contributed by atoms with Crippen LogP contribution in [0.15, 0.2) is 11.8 Å². The van der Waals surface area contributed by atoms with Gasteiger partial charge >= 0.3 is 0 Å². The maximum absolute atomic E-state index is 9.51. The molecule has 0 rings (SSSR count). The first-order valence-corrected chi connectivity index (χ1v) is 1.57. The van der Waals surface area contributed by atoms with E-state index in [0.717, 1.165) is 6.26 Å². The van der Waals surface area contributed by atoms with E-state index in [0.29, 0.717) is 11.9 Å². The molecule has 0 amide bonds. The Morgan fingerprint density at radius 1 is 1.71 bits per heavy atom. The van der Waals surface area contributed by atoms with Gasteiger partial charge in [0.15, 0.2) is 0 Å². The minimum absolute atomic E-state index is 0. The summed E-state index contributed by atoms with van der Waals surface area (Å²) in [7, 11) is 0. The van der Waals surface area contributed by atoms with Crippen LogP contribution >= 0.6 is 0 Å². The largest absolute Gasteiger partial charge is 0.515 e.